The van der Waals surface area contributed by atoms with Gasteiger partial charge in [0.2, 0.25) is 0 Å². The molecular formula is C24H38N4O. The summed E-state index contributed by atoms with van der Waals surface area (Å²) in [5, 5.41) is 9.09. The zero-order valence-corrected chi connectivity index (χ0v) is 18.8. The van der Waals surface area contributed by atoms with Crippen molar-refractivity contribution in [3.05, 3.63) is 23.4 Å². The van der Waals surface area contributed by atoms with Crippen molar-refractivity contribution in [2.75, 3.05) is 24.6 Å². The first-order valence-corrected chi connectivity index (χ1v) is 11.4. The number of anilines is 1. The largest absolute Gasteiger partial charge is 0.463 e. The molecule has 1 aliphatic carbocycles. The lowest BCUT2D eigenvalue weighted by Crippen LogP contribution is -2.32. The maximum Gasteiger partial charge on any atom is 0.318 e. The van der Waals surface area contributed by atoms with E-state index in [9.17, 15) is 0 Å². The molecule has 5 heteroatoms. The Morgan fingerprint density at radius 1 is 1.28 bits per heavy atom. The number of nitriles is 1. The average Bonchev–Trinajstić information content (AvgIpc) is 3.11. The van der Waals surface area contributed by atoms with Crippen LogP contribution in [0.5, 0.6) is 6.01 Å². The van der Waals surface area contributed by atoms with Gasteiger partial charge in [-0.25, -0.2) is 0 Å². The Morgan fingerprint density at radius 2 is 2.07 bits per heavy atom. The summed E-state index contributed by atoms with van der Waals surface area (Å²) in [6, 6.07) is 2.79. The van der Waals surface area contributed by atoms with Gasteiger partial charge < -0.3 is 9.64 Å². The molecule has 1 aromatic heterocycles. The lowest BCUT2D eigenvalue weighted by molar-refractivity contribution is 0.251. The fourth-order valence-electron chi connectivity index (χ4n) is 4.13. The number of hydrogen-bond acceptors (Lipinski definition) is 5. The van der Waals surface area contributed by atoms with Crippen LogP contribution in [-0.4, -0.2) is 29.7 Å². The van der Waals surface area contributed by atoms with Crippen LogP contribution in [0.15, 0.2) is 12.2 Å². The van der Waals surface area contributed by atoms with Crippen LogP contribution in [0.1, 0.15) is 77.5 Å². The number of aromatic nitrogens is 2. The van der Waals surface area contributed by atoms with E-state index in [1.807, 2.05) is 0 Å². The molecule has 0 aliphatic heterocycles. The molecule has 29 heavy (non-hydrogen) atoms. The Balaban J connectivity index is 2.33. The summed E-state index contributed by atoms with van der Waals surface area (Å²) in [5.74, 6) is 1.72. The van der Waals surface area contributed by atoms with Crippen molar-refractivity contribution in [2.24, 2.45) is 11.8 Å². The Kier molecular flexibility index (Phi) is 9.44. The monoisotopic (exact) mass is 398 g/mol. The van der Waals surface area contributed by atoms with Gasteiger partial charge in [-0.15, -0.1) is 0 Å². The quantitative estimate of drug-likeness (QED) is 0.435. The average molecular weight is 399 g/mol. The van der Waals surface area contributed by atoms with E-state index in [2.05, 4.69) is 45.2 Å². The van der Waals surface area contributed by atoms with Crippen molar-refractivity contribution < 1.29 is 4.74 Å². The Bertz CT molecular complexity index is 710. The first kappa shape index (κ1) is 23.2. The van der Waals surface area contributed by atoms with Crippen LogP contribution in [0.3, 0.4) is 0 Å². The molecule has 160 valence electrons. The molecule has 0 amide bonds. The van der Waals surface area contributed by atoms with Gasteiger partial charge >= 0.3 is 6.01 Å². The van der Waals surface area contributed by atoms with E-state index in [1.165, 1.54) is 17.6 Å². The number of nitrogens with zero attached hydrogens (tertiary/aromatic N) is 4. The highest BCUT2D eigenvalue weighted by molar-refractivity contribution is 5.50. The van der Waals surface area contributed by atoms with Crippen molar-refractivity contribution in [1.29, 1.82) is 5.26 Å². The molecule has 0 unspecified atom stereocenters. The topological polar surface area (TPSA) is 62.0 Å². The van der Waals surface area contributed by atoms with Crippen LogP contribution >= 0.6 is 0 Å². The second kappa shape index (κ2) is 11.8. The summed E-state index contributed by atoms with van der Waals surface area (Å²) in [6.07, 6.45) is 7.94. The summed E-state index contributed by atoms with van der Waals surface area (Å²) in [7, 11) is 0. The van der Waals surface area contributed by atoms with E-state index in [0.717, 1.165) is 63.1 Å². The van der Waals surface area contributed by atoms with Gasteiger partial charge in [0, 0.05) is 31.0 Å². The molecule has 0 N–H and O–H groups in total. The molecule has 2 atom stereocenters. The minimum absolute atomic E-state index is 0.298. The van der Waals surface area contributed by atoms with Crippen LogP contribution in [-0.2, 0) is 12.8 Å². The van der Waals surface area contributed by atoms with Crippen LogP contribution in [0.4, 0.5) is 5.82 Å². The molecule has 0 aromatic carbocycles. The fraction of sp³-hybridized carbons (Fsp3) is 0.708. The lowest BCUT2D eigenvalue weighted by atomic mass is 10.0. The van der Waals surface area contributed by atoms with Crippen molar-refractivity contribution in [3.8, 4) is 12.1 Å². The van der Waals surface area contributed by atoms with Crippen molar-refractivity contribution in [3.63, 3.8) is 0 Å². The molecule has 0 spiro atoms. The Hall–Kier alpha value is -2.09. The summed E-state index contributed by atoms with van der Waals surface area (Å²) >= 11 is 0. The van der Waals surface area contributed by atoms with Crippen LogP contribution in [0, 0.1) is 23.2 Å². The van der Waals surface area contributed by atoms with Gasteiger partial charge in [0.15, 0.2) is 0 Å². The summed E-state index contributed by atoms with van der Waals surface area (Å²) in [6.45, 7) is 15.2. The zero-order chi connectivity index (χ0) is 21.2. The molecule has 1 saturated carbocycles. The van der Waals surface area contributed by atoms with Gasteiger partial charge in [-0.3, -0.25) is 0 Å². The molecule has 2 rings (SSSR count). The van der Waals surface area contributed by atoms with E-state index in [-0.39, 0.29) is 0 Å². The highest BCUT2D eigenvalue weighted by Crippen LogP contribution is 2.31. The summed E-state index contributed by atoms with van der Waals surface area (Å²) < 4.78 is 6.10. The Labute approximate surface area is 177 Å². The van der Waals surface area contributed by atoms with E-state index in [1.54, 1.807) is 0 Å². The normalized spacial score (nSPS) is 17.2. The molecule has 1 heterocycles. The van der Waals surface area contributed by atoms with Gasteiger partial charge in [-0.2, -0.15) is 15.2 Å². The highest BCUT2D eigenvalue weighted by atomic mass is 16.5. The van der Waals surface area contributed by atoms with Crippen LogP contribution < -0.4 is 9.64 Å². The smallest absolute Gasteiger partial charge is 0.318 e. The minimum atomic E-state index is 0.298. The molecular weight excluding hydrogens is 360 g/mol. The molecule has 0 saturated heterocycles. The number of rotatable bonds is 12. The molecule has 0 bridgehead atoms. The zero-order valence-electron chi connectivity index (χ0n) is 18.8. The third-order valence-corrected chi connectivity index (χ3v) is 5.69. The van der Waals surface area contributed by atoms with Gasteiger partial charge in [-0.1, -0.05) is 46.3 Å². The highest BCUT2D eigenvalue weighted by Gasteiger charge is 2.23. The molecule has 1 fully saturated rings. The number of aryl methyl sites for hydroxylation is 1. The van der Waals surface area contributed by atoms with E-state index >= 15 is 0 Å². The van der Waals surface area contributed by atoms with Gasteiger partial charge in [-0.05, 0) is 44.4 Å². The predicted octanol–water partition coefficient (Wildman–Crippen LogP) is 5.49. The summed E-state index contributed by atoms with van der Waals surface area (Å²) in [5.41, 5.74) is 3.62. The van der Waals surface area contributed by atoms with Crippen LogP contribution in [0.2, 0.25) is 0 Å². The maximum atomic E-state index is 9.09. The van der Waals surface area contributed by atoms with Gasteiger partial charge in [0.25, 0.3) is 0 Å². The predicted molar refractivity (Wildman–Crippen MR) is 119 cm³/mol. The van der Waals surface area contributed by atoms with Gasteiger partial charge in [0.1, 0.15) is 5.82 Å². The number of hydrogen-bond donors (Lipinski definition) is 0. The third-order valence-electron chi connectivity index (χ3n) is 5.69. The van der Waals surface area contributed by atoms with E-state index in [4.69, 9.17) is 20.0 Å². The molecule has 1 aliphatic rings. The maximum absolute atomic E-state index is 9.09. The first-order chi connectivity index (χ1) is 14.0. The summed E-state index contributed by atoms with van der Waals surface area (Å²) in [4.78, 5) is 12.0. The second-order valence-corrected chi connectivity index (χ2v) is 8.33. The fourth-order valence-corrected chi connectivity index (χ4v) is 4.13. The third kappa shape index (κ3) is 6.45. The second-order valence-electron chi connectivity index (χ2n) is 8.33. The van der Waals surface area contributed by atoms with E-state index in [0.29, 0.717) is 30.9 Å². The standard InChI is InChI=1S/C24H38N4O/c1-6-10-21-22(8-3)26-24(29-17-20-12-9-11-19(20)5)27-23(21)28(15-7-2)16-18(4)13-14-25/h18,20H,5-13,15-17H2,1-4H3/t18-,20-/m0/s1. The number of ether oxygens (including phenoxy) is 1. The molecule has 1 aromatic rings. The van der Waals surface area contributed by atoms with Crippen LogP contribution in [0.25, 0.3) is 0 Å². The van der Waals surface area contributed by atoms with Crippen molar-refractivity contribution in [1.82, 2.24) is 9.97 Å². The SMILES string of the molecule is C=C1CCC[C@H]1COc1nc(CC)c(CCC)c(N(CCC)C[C@@H](C)CC#N)n1. The van der Waals surface area contributed by atoms with Crippen molar-refractivity contribution >= 4 is 5.82 Å². The first-order valence-electron chi connectivity index (χ1n) is 11.4. The molecule has 5 nitrogen and oxygen atoms in total. The molecule has 0 radical (unpaired) electrons. The van der Waals surface area contributed by atoms with Gasteiger partial charge in [0.05, 0.1) is 18.4 Å². The lowest BCUT2D eigenvalue weighted by Gasteiger charge is -2.29. The van der Waals surface area contributed by atoms with E-state index < -0.39 is 0 Å². The minimum Gasteiger partial charge on any atom is -0.463 e. The van der Waals surface area contributed by atoms with Crippen molar-refractivity contribution in [2.45, 2.75) is 79.1 Å². The Morgan fingerprint density at radius 3 is 2.66 bits per heavy atom.